The summed E-state index contributed by atoms with van der Waals surface area (Å²) < 4.78 is 1.05. The molecule has 0 aliphatic heterocycles. The summed E-state index contributed by atoms with van der Waals surface area (Å²) in [6.45, 7) is 0. The standard InChI is InChI=1S/C12H9BrN.BrH.Pd/c13-11-8-4-5-9-12(11)14-10-6-2-1-3-7-10;;/h1-6,8-9,14H;1H;/q-1;;+2/p-1. The van der Waals surface area contributed by atoms with E-state index in [0.29, 0.717) is 0 Å². The molecule has 0 aromatic heterocycles. The summed E-state index contributed by atoms with van der Waals surface area (Å²) >= 11 is 8.83. The van der Waals surface area contributed by atoms with E-state index in [-0.39, 0.29) is 0 Å². The molecule has 4 heteroatoms. The first-order valence-electron chi connectivity index (χ1n) is 4.46. The van der Waals surface area contributed by atoms with Gasteiger partial charge in [0, 0.05) is 4.47 Å². The van der Waals surface area contributed by atoms with E-state index in [0.717, 1.165) is 15.8 Å². The Bertz CT molecular complexity index is 420. The average Bonchev–Trinajstić information content (AvgIpc) is 2.36. The maximum absolute atomic E-state index is 3.48. The molecule has 1 nitrogen and oxygen atoms in total. The molecule has 0 unspecified atom stereocenters. The van der Waals surface area contributed by atoms with Crippen molar-refractivity contribution >= 4 is 40.7 Å². The molecular formula is C12H9Br2NPd. The van der Waals surface area contributed by atoms with Crippen LogP contribution in [0.1, 0.15) is 0 Å². The van der Waals surface area contributed by atoms with Crippen LogP contribution in [-0.2, 0) is 17.2 Å². The molecule has 0 fully saturated rings. The van der Waals surface area contributed by atoms with Gasteiger partial charge in [0.25, 0.3) is 0 Å². The van der Waals surface area contributed by atoms with Gasteiger partial charge in [-0.25, -0.2) is 0 Å². The van der Waals surface area contributed by atoms with Crippen LogP contribution in [0.25, 0.3) is 0 Å². The number of rotatable bonds is 2. The van der Waals surface area contributed by atoms with Crippen LogP contribution in [0.3, 0.4) is 0 Å². The summed E-state index contributed by atoms with van der Waals surface area (Å²) in [5.41, 5.74) is 2.02. The van der Waals surface area contributed by atoms with Crippen molar-refractivity contribution in [2.24, 2.45) is 0 Å². The minimum atomic E-state index is 0.972. The Hall–Kier alpha value is -0.138. The average molecular weight is 433 g/mol. The normalized spacial score (nSPS) is 9.00. The van der Waals surface area contributed by atoms with Crippen molar-refractivity contribution in [3.8, 4) is 0 Å². The molecule has 0 aliphatic carbocycles. The number of anilines is 2. The molecule has 0 atom stereocenters. The van der Waals surface area contributed by atoms with E-state index in [2.05, 4.69) is 57.9 Å². The number of benzene rings is 2. The molecule has 2 aromatic rings. The Balaban J connectivity index is 0.000000606. The molecule has 16 heavy (non-hydrogen) atoms. The Morgan fingerprint density at radius 1 is 1.00 bits per heavy atom. The van der Waals surface area contributed by atoms with Crippen molar-refractivity contribution in [3.63, 3.8) is 0 Å². The SMILES string of the molecule is Brc1ccccc1Nc1[c-]cccc1.[Br][Pd+]. The van der Waals surface area contributed by atoms with Crippen molar-refractivity contribution in [3.05, 3.63) is 59.1 Å². The number of hydrogen-bond donors (Lipinski definition) is 1. The van der Waals surface area contributed by atoms with Gasteiger partial charge < -0.3 is 5.32 Å². The first kappa shape index (κ1) is 13.9. The quantitative estimate of drug-likeness (QED) is 0.528. The molecule has 0 heterocycles. The predicted octanol–water partition coefficient (Wildman–Crippen LogP) is 4.84. The van der Waals surface area contributed by atoms with Gasteiger partial charge in [0.1, 0.15) is 0 Å². The zero-order valence-electron chi connectivity index (χ0n) is 8.19. The maximum atomic E-state index is 3.48. The monoisotopic (exact) mass is 431 g/mol. The Morgan fingerprint density at radius 3 is 2.31 bits per heavy atom. The summed E-state index contributed by atoms with van der Waals surface area (Å²) in [6, 6.07) is 18.9. The summed E-state index contributed by atoms with van der Waals surface area (Å²) in [4.78, 5) is 0. The molecule has 2 aromatic carbocycles. The van der Waals surface area contributed by atoms with Crippen LogP contribution in [-0.4, -0.2) is 0 Å². The Morgan fingerprint density at radius 2 is 1.69 bits per heavy atom. The van der Waals surface area contributed by atoms with Crippen LogP contribution in [0, 0.1) is 6.07 Å². The fourth-order valence-corrected chi connectivity index (χ4v) is 1.56. The van der Waals surface area contributed by atoms with Gasteiger partial charge in [0.05, 0.1) is 5.69 Å². The fourth-order valence-electron chi connectivity index (χ4n) is 1.18. The Labute approximate surface area is 121 Å². The molecule has 86 valence electrons. The van der Waals surface area contributed by atoms with E-state index in [9.17, 15) is 0 Å². The van der Waals surface area contributed by atoms with E-state index < -0.39 is 0 Å². The zero-order chi connectivity index (χ0) is 11.8. The van der Waals surface area contributed by atoms with Gasteiger partial charge in [-0.3, -0.25) is 0 Å². The van der Waals surface area contributed by atoms with Gasteiger partial charge in [-0.15, -0.1) is 6.07 Å². The van der Waals surface area contributed by atoms with Crippen LogP contribution in [0.4, 0.5) is 11.4 Å². The predicted molar refractivity (Wildman–Crippen MR) is 71.6 cm³/mol. The van der Waals surface area contributed by atoms with Crippen molar-refractivity contribution < 1.29 is 17.2 Å². The van der Waals surface area contributed by atoms with Crippen LogP contribution >= 0.6 is 29.4 Å². The molecular weight excluding hydrogens is 424 g/mol. The van der Waals surface area contributed by atoms with Gasteiger partial charge in [0.15, 0.2) is 0 Å². The topological polar surface area (TPSA) is 12.0 Å². The molecule has 0 saturated carbocycles. The third kappa shape index (κ3) is 4.39. The van der Waals surface area contributed by atoms with Gasteiger partial charge in [0.2, 0.25) is 0 Å². The van der Waals surface area contributed by atoms with Gasteiger partial charge >= 0.3 is 30.6 Å². The third-order valence-corrected chi connectivity index (χ3v) is 2.54. The van der Waals surface area contributed by atoms with Gasteiger partial charge in [-0.1, -0.05) is 17.8 Å². The minimum absolute atomic E-state index is 0.972. The number of para-hydroxylation sites is 2. The van der Waals surface area contributed by atoms with Crippen molar-refractivity contribution in [1.82, 2.24) is 0 Å². The van der Waals surface area contributed by atoms with Crippen molar-refractivity contribution in [2.75, 3.05) is 5.32 Å². The second-order valence-corrected chi connectivity index (χ2v) is 3.74. The molecule has 0 bridgehead atoms. The van der Waals surface area contributed by atoms with E-state index in [4.69, 9.17) is 0 Å². The molecule has 1 N–H and O–H groups in total. The number of nitrogens with one attached hydrogen (secondary N) is 1. The van der Waals surface area contributed by atoms with Gasteiger partial charge in [-0.2, -0.15) is 24.3 Å². The van der Waals surface area contributed by atoms with E-state index in [1.807, 2.05) is 48.5 Å². The summed E-state index contributed by atoms with van der Waals surface area (Å²) in [5.74, 6) is 0. The van der Waals surface area contributed by atoms with Crippen molar-refractivity contribution in [1.29, 1.82) is 0 Å². The van der Waals surface area contributed by atoms with Crippen LogP contribution in [0.15, 0.2) is 53.0 Å². The summed E-state index contributed by atoms with van der Waals surface area (Å²) in [6.07, 6.45) is 0. The molecule has 0 spiro atoms. The molecule has 0 aliphatic rings. The zero-order valence-corrected chi connectivity index (χ0v) is 12.9. The van der Waals surface area contributed by atoms with Crippen LogP contribution < -0.4 is 5.32 Å². The van der Waals surface area contributed by atoms with E-state index in [1.54, 1.807) is 0 Å². The second-order valence-electron chi connectivity index (χ2n) is 2.88. The second kappa shape index (κ2) is 8.03. The van der Waals surface area contributed by atoms with Crippen LogP contribution in [0.2, 0.25) is 0 Å². The third-order valence-electron chi connectivity index (χ3n) is 1.85. The fraction of sp³-hybridized carbons (Fsp3) is 0. The molecule has 0 amide bonds. The van der Waals surface area contributed by atoms with E-state index >= 15 is 0 Å². The summed E-state index contributed by atoms with van der Waals surface area (Å²) in [7, 11) is 0. The number of halogens is 2. The first-order chi connectivity index (χ1) is 7.86. The van der Waals surface area contributed by atoms with Gasteiger partial charge in [-0.05, 0) is 28.1 Å². The summed E-state index contributed by atoms with van der Waals surface area (Å²) in [5, 5.41) is 3.27. The molecule has 0 radical (unpaired) electrons. The number of hydrogen-bond acceptors (Lipinski definition) is 1. The molecule has 2 rings (SSSR count). The van der Waals surface area contributed by atoms with Crippen molar-refractivity contribution in [2.45, 2.75) is 0 Å². The molecule has 0 saturated heterocycles. The van der Waals surface area contributed by atoms with Crippen LogP contribution in [0.5, 0.6) is 0 Å². The van der Waals surface area contributed by atoms with E-state index in [1.165, 1.54) is 0 Å². The first-order valence-corrected chi connectivity index (χ1v) is 8.81. The Kier molecular flexibility index (Phi) is 6.99.